The monoisotopic (exact) mass is 192 g/mol. The minimum absolute atomic E-state index is 0.0845. The Morgan fingerprint density at radius 2 is 2.00 bits per heavy atom. The minimum atomic E-state index is -0.362. The SMILES string of the molecule is NC1CN(Cc2ccccc2)C[C@H]1O. The third-order valence-corrected chi connectivity index (χ3v) is 2.66. The molecule has 2 atom stereocenters. The topological polar surface area (TPSA) is 49.5 Å². The number of nitrogens with zero attached hydrogens (tertiary/aromatic N) is 1. The van der Waals surface area contributed by atoms with Crippen molar-refractivity contribution in [3.8, 4) is 0 Å². The number of aliphatic hydroxyl groups is 1. The van der Waals surface area contributed by atoms with Crippen LogP contribution in [0.4, 0.5) is 0 Å². The second-order valence-corrected chi connectivity index (χ2v) is 3.91. The molecular weight excluding hydrogens is 176 g/mol. The second-order valence-electron chi connectivity index (χ2n) is 3.91. The van der Waals surface area contributed by atoms with Crippen LogP contribution >= 0.6 is 0 Å². The first-order chi connectivity index (χ1) is 6.75. The van der Waals surface area contributed by atoms with Gasteiger partial charge in [-0.15, -0.1) is 0 Å². The van der Waals surface area contributed by atoms with Gasteiger partial charge in [-0.2, -0.15) is 0 Å². The van der Waals surface area contributed by atoms with Gasteiger partial charge in [0.25, 0.3) is 0 Å². The van der Waals surface area contributed by atoms with Gasteiger partial charge in [0, 0.05) is 25.7 Å². The largest absolute Gasteiger partial charge is 0.390 e. The van der Waals surface area contributed by atoms with E-state index in [1.54, 1.807) is 0 Å². The van der Waals surface area contributed by atoms with E-state index in [-0.39, 0.29) is 12.1 Å². The van der Waals surface area contributed by atoms with Gasteiger partial charge in [-0.25, -0.2) is 0 Å². The summed E-state index contributed by atoms with van der Waals surface area (Å²) in [6.45, 7) is 2.36. The number of nitrogens with two attached hydrogens (primary N) is 1. The standard InChI is InChI=1S/C11H16N2O/c12-10-7-13(8-11(10)14)6-9-4-2-1-3-5-9/h1-5,10-11,14H,6-8,12H2/t10?,11-/m1/s1. The van der Waals surface area contributed by atoms with E-state index in [2.05, 4.69) is 17.0 Å². The first-order valence-corrected chi connectivity index (χ1v) is 4.95. The smallest absolute Gasteiger partial charge is 0.0830 e. The maximum Gasteiger partial charge on any atom is 0.0830 e. The fourth-order valence-electron chi connectivity index (χ4n) is 1.87. The lowest BCUT2D eigenvalue weighted by Crippen LogP contribution is -2.32. The highest BCUT2D eigenvalue weighted by molar-refractivity contribution is 5.14. The molecule has 1 fully saturated rings. The van der Waals surface area contributed by atoms with Crippen molar-refractivity contribution in [2.45, 2.75) is 18.7 Å². The molecule has 1 aromatic rings. The highest BCUT2D eigenvalue weighted by Gasteiger charge is 2.27. The van der Waals surface area contributed by atoms with Gasteiger partial charge in [-0.05, 0) is 5.56 Å². The second kappa shape index (κ2) is 4.09. The van der Waals surface area contributed by atoms with E-state index in [0.717, 1.165) is 13.1 Å². The number of benzene rings is 1. The van der Waals surface area contributed by atoms with Crippen molar-refractivity contribution in [1.82, 2.24) is 4.90 Å². The van der Waals surface area contributed by atoms with Crippen molar-refractivity contribution in [3.05, 3.63) is 35.9 Å². The van der Waals surface area contributed by atoms with E-state index in [4.69, 9.17) is 5.73 Å². The molecule has 3 heteroatoms. The Labute approximate surface area is 84.1 Å². The van der Waals surface area contributed by atoms with Gasteiger partial charge in [0.15, 0.2) is 0 Å². The van der Waals surface area contributed by atoms with Gasteiger partial charge in [-0.1, -0.05) is 30.3 Å². The van der Waals surface area contributed by atoms with E-state index < -0.39 is 0 Å². The molecule has 1 unspecified atom stereocenters. The molecule has 3 N–H and O–H groups in total. The predicted octanol–water partition coefficient (Wildman–Crippen LogP) is 0.190. The Morgan fingerprint density at radius 3 is 2.57 bits per heavy atom. The van der Waals surface area contributed by atoms with Crippen LogP contribution in [0.5, 0.6) is 0 Å². The summed E-state index contributed by atoms with van der Waals surface area (Å²) in [5.74, 6) is 0. The van der Waals surface area contributed by atoms with Crippen LogP contribution in [0.15, 0.2) is 30.3 Å². The van der Waals surface area contributed by atoms with Gasteiger partial charge in [0.05, 0.1) is 6.10 Å². The molecule has 3 nitrogen and oxygen atoms in total. The first kappa shape index (κ1) is 9.65. The lowest BCUT2D eigenvalue weighted by Gasteiger charge is -2.14. The lowest BCUT2D eigenvalue weighted by molar-refractivity contribution is 0.164. The summed E-state index contributed by atoms with van der Waals surface area (Å²) in [4.78, 5) is 2.19. The normalized spacial score (nSPS) is 28.1. The van der Waals surface area contributed by atoms with Crippen molar-refractivity contribution < 1.29 is 5.11 Å². The molecule has 1 heterocycles. The maximum absolute atomic E-state index is 9.48. The quantitative estimate of drug-likeness (QED) is 0.703. The summed E-state index contributed by atoms with van der Waals surface area (Å²) >= 11 is 0. The highest BCUT2D eigenvalue weighted by atomic mass is 16.3. The molecule has 0 aromatic heterocycles. The first-order valence-electron chi connectivity index (χ1n) is 4.95. The Morgan fingerprint density at radius 1 is 1.29 bits per heavy atom. The average Bonchev–Trinajstić information content (AvgIpc) is 2.47. The third kappa shape index (κ3) is 2.12. The summed E-state index contributed by atoms with van der Waals surface area (Å²) in [6, 6.07) is 10.2. The summed E-state index contributed by atoms with van der Waals surface area (Å²) in [6.07, 6.45) is -0.362. The molecule has 0 radical (unpaired) electrons. The number of aliphatic hydroxyl groups excluding tert-OH is 1. The highest BCUT2D eigenvalue weighted by Crippen LogP contribution is 2.12. The zero-order valence-corrected chi connectivity index (χ0v) is 8.13. The molecular formula is C11H16N2O. The Balaban J connectivity index is 1.94. The third-order valence-electron chi connectivity index (χ3n) is 2.66. The molecule has 2 rings (SSSR count). The van der Waals surface area contributed by atoms with Crippen LogP contribution in [0.1, 0.15) is 5.56 Å². The van der Waals surface area contributed by atoms with Crippen molar-refractivity contribution in [3.63, 3.8) is 0 Å². The molecule has 14 heavy (non-hydrogen) atoms. The fraction of sp³-hybridized carbons (Fsp3) is 0.455. The summed E-state index contributed by atoms with van der Waals surface area (Å²) < 4.78 is 0. The van der Waals surface area contributed by atoms with Crippen LogP contribution in [0, 0.1) is 0 Å². The van der Waals surface area contributed by atoms with E-state index in [1.807, 2.05) is 18.2 Å². The maximum atomic E-state index is 9.48. The van der Waals surface area contributed by atoms with E-state index in [0.29, 0.717) is 6.54 Å². The zero-order chi connectivity index (χ0) is 9.97. The van der Waals surface area contributed by atoms with Gasteiger partial charge >= 0.3 is 0 Å². The predicted molar refractivity (Wildman–Crippen MR) is 55.7 cm³/mol. The summed E-state index contributed by atoms with van der Waals surface area (Å²) in [7, 11) is 0. The van der Waals surface area contributed by atoms with Crippen LogP contribution in [0.3, 0.4) is 0 Å². The fourth-order valence-corrected chi connectivity index (χ4v) is 1.87. The number of likely N-dealkylation sites (tertiary alicyclic amines) is 1. The molecule has 1 aliphatic heterocycles. The zero-order valence-electron chi connectivity index (χ0n) is 8.13. The Hall–Kier alpha value is -0.900. The molecule has 1 saturated heterocycles. The van der Waals surface area contributed by atoms with Crippen LogP contribution < -0.4 is 5.73 Å². The van der Waals surface area contributed by atoms with Crippen LogP contribution in [0.2, 0.25) is 0 Å². The summed E-state index contributed by atoms with van der Waals surface area (Å²) in [5.41, 5.74) is 7.00. The van der Waals surface area contributed by atoms with Crippen molar-refractivity contribution >= 4 is 0 Å². The number of hydrogen-bond donors (Lipinski definition) is 2. The Kier molecular flexibility index (Phi) is 2.82. The molecule has 0 saturated carbocycles. The molecule has 1 aromatic carbocycles. The molecule has 1 aliphatic rings. The number of hydrogen-bond acceptors (Lipinski definition) is 3. The van der Waals surface area contributed by atoms with Crippen LogP contribution in [-0.4, -0.2) is 35.2 Å². The number of β-amino-alcohol motifs (C(OH)–C–C–N with tert-alkyl or cyclic N) is 1. The molecule has 76 valence electrons. The van der Waals surface area contributed by atoms with Crippen molar-refractivity contribution in [1.29, 1.82) is 0 Å². The van der Waals surface area contributed by atoms with Crippen LogP contribution in [0.25, 0.3) is 0 Å². The van der Waals surface area contributed by atoms with Crippen LogP contribution in [-0.2, 0) is 6.54 Å². The van der Waals surface area contributed by atoms with E-state index in [9.17, 15) is 5.11 Å². The van der Waals surface area contributed by atoms with Crippen molar-refractivity contribution in [2.24, 2.45) is 5.73 Å². The van der Waals surface area contributed by atoms with Crippen molar-refractivity contribution in [2.75, 3.05) is 13.1 Å². The van der Waals surface area contributed by atoms with Gasteiger partial charge < -0.3 is 10.8 Å². The van der Waals surface area contributed by atoms with E-state index in [1.165, 1.54) is 5.56 Å². The summed E-state index contributed by atoms with van der Waals surface area (Å²) in [5, 5.41) is 9.48. The molecule has 0 aliphatic carbocycles. The molecule has 0 bridgehead atoms. The minimum Gasteiger partial charge on any atom is -0.390 e. The average molecular weight is 192 g/mol. The molecule has 0 amide bonds. The lowest BCUT2D eigenvalue weighted by atomic mass is 10.2. The Bertz CT molecular complexity index is 279. The van der Waals surface area contributed by atoms with E-state index >= 15 is 0 Å². The van der Waals surface area contributed by atoms with Gasteiger partial charge in [0.2, 0.25) is 0 Å². The molecule has 0 spiro atoms. The van der Waals surface area contributed by atoms with Gasteiger partial charge in [-0.3, -0.25) is 4.90 Å². The van der Waals surface area contributed by atoms with Gasteiger partial charge in [0.1, 0.15) is 0 Å². The number of rotatable bonds is 2.